The highest BCUT2D eigenvalue weighted by molar-refractivity contribution is 5.18. The highest BCUT2D eigenvalue weighted by atomic mass is 19.1. The first kappa shape index (κ1) is 17.0. The number of methoxy groups -OCH3 is 1. The largest absolute Gasteiger partial charge is 0.384 e. The summed E-state index contributed by atoms with van der Waals surface area (Å²) in [6.07, 6.45) is 2.30. The Morgan fingerprint density at radius 2 is 2.08 bits per heavy atom. The molecule has 1 fully saturated rings. The van der Waals surface area contributed by atoms with Crippen LogP contribution in [0, 0.1) is 17.6 Å². The van der Waals surface area contributed by atoms with Crippen molar-refractivity contribution in [1.29, 1.82) is 0 Å². The maximum atomic E-state index is 13.3. The van der Waals surface area contributed by atoms with Gasteiger partial charge >= 0.3 is 0 Å². The van der Waals surface area contributed by atoms with Crippen molar-refractivity contribution in [2.45, 2.75) is 25.8 Å². The predicted molar refractivity (Wildman–Crippen MR) is 83.3 cm³/mol. The lowest BCUT2D eigenvalue weighted by atomic mass is 9.98. The fourth-order valence-electron chi connectivity index (χ4n) is 3.13. The molecule has 24 heavy (non-hydrogen) atoms. The van der Waals surface area contributed by atoms with E-state index in [0.29, 0.717) is 49.2 Å². The molecule has 0 bridgehead atoms. The van der Waals surface area contributed by atoms with Crippen LogP contribution in [0.15, 0.2) is 22.7 Å². The lowest BCUT2D eigenvalue weighted by molar-refractivity contribution is 0.199. The van der Waals surface area contributed by atoms with Crippen LogP contribution in [-0.4, -0.2) is 41.8 Å². The highest BCUT2D eigenvalue weighted by Gasteiger charge is 2.24. The molecule has 1 aromatic carbocycles. The van der Waals surface area contributed by atoms with Gasteiger partial charge in [0.2, 0.25) is 5.89 Å². The maximum absolute atomic E-state index is 13.3. The Labute approximate surface area is 139 Å². The maximum Gasteiger partial charge on any atom is 0.240 e. The van der Waals surface area contributed by atoms with Gasteiger partial charge in [0.05, 0.1) is 13.2 Å². The van der Waals surface area contributed by atoms with E-state index in [0.717, 1.165) is 25.6 Å². The molecule has 2 aromatic rings. The average molecular weight is 337 g/mol. The van der Waals surface area contributed by atoms with Crippen LogP contribution in [0.3, 0.4) is 0 Å². The number of hydrogen-bond acceptors (Lipinski definition) is 5. The normalized spacial score (nSPS) is 18.4. The Balaban J connectivity index is 1.51. The molecule has 1 saturated heterocycles. The SMILES string of the molecule is COCCc1noc(CN2CCC(Cc3cc(F)cc(F)c3)C2)n1. The van der Waals surface area contributed by atoms with Gasteiger partial charge in [0.1, 0.15) is 11.6 Å². The van der Waals surface area contributed by atoms with Crippen LogP contribution in [0.25, 0.3) is 0 Å². The van der Waals surface area contributed by atoms with Crippen molar-refractivity contribution in [3.63, 3.8) is 0 Å². The first-order valence-electron chi connectivity index (χ1n) is 8.10. The molecule has 0 radical (unpaired) electrons. The number of halogens is 2. The van der Waals surface area contributed by atoms with Gasteiger partial charge in [-0.25, -0.2) is 8.78 Å². The third kappa shape index (κ3) is 4.58. The molecule has 0 aliphatic carbocycles. The number of rotatable bonds is 7. The van der Waals surface area contributed by atoms with Gasteiger partial charge in [-0.2, -0.15) is 4.98 Å². The summed E-state index contributed by atoms with van der Waals surface area (Å²) in [7, 11) is 1.63. The number of benzene rings is 1. The summed E-state index contributed by atoms with van der Waals surface area (Å²) in [6.45, 7) is 2.94. The van der Waals surface area contributed by atoms with Crippen LogP contribution in [-0.2, 0) is 24.1 Å². The summed E-state index contributed by atoms with van der Waals surface area (Å²) in [5.74, 6) is 0.585. The molecule has 130 valence electrons. The van der Waals surface area contributed by atoms with Crippen LogP contribution >= 0.6 is 0 Å². The van der Waals surface area contributed by atoms with Crippen LogP contribution in [0.2, 0.25) is 0 Å². The first-order valence-corrected chi connectivity index (χ1v) is 8.10. The molecule has 0 N–H and O–H groups in total. The zero-order chi connectivity index (χ0) is 16.9. The van der Waals surface area contributed by atoms with Crippen molar-refractivity contribution in [2.24, 2.45) is 5.92 Å². The smallest absolute Gasteiger partial charge is 0.240 e. The molecule has 1 unspecified atom stereocenters. The minimum absolute atomic E-state index is 0.377. The fraction of sp³-hybridized carbons (Fsp3) is 0.529. The van der Waals surface area contributed by atoms with Crippen molar-refractivity contribution < 1.29 is 18.0 Å². The van der Waals surface area contributed by atoms with E-state index in [1.807, 2.05) is 0 Å². The van der Waals surface area contributed by atoms with E-state index in [4.69, 9.17) is 9.26 Å². The Hall–Kier alpha value is -1.86. The van der Waals surface area contributed by atoms with E-state index in [9.17, 15) is 8.78 Å². The minimum Gasteiger partial charge on any atom is -0.384 e. The fourth-order valence-corrected chi connectivity index (χ4v) is 3.13. The molecule has 1 atom stereocenters. The highest BCUT2D eigenvalue weighted by Crippen LogP contribution is 2.23. The Morgan fingerprint density at radius 3 is 2.83 bits per heavy atom. The summed E-state index contributed by atoms with van der Waals surface area (Å²) < 4.78 is 36.8. The standard InChI is InChI=1S/C17H21F2N3O2/c1-23-5-3-16-20-17(24-21-16)11-22-4-2-12(10-22)6-13-7-14(18)9-15(19)8-13/h7-9,12H,2-6,10-11H2,1H3. The molecular weight excluding hydrogens is 316 g/mol. The second kappa shape index (κ2) is 7.81. The zero-order valence-corrected chi connectivity index (χ0v) is 13.7. The predicted octanol–water partition coefficient (Wildman–Crippen LogP) is 2.60. The Kier molecular flexibility index (Phi) is 5.52. The van der Waals surface area contributed by atoms with Gasteiger partial charge in [0.15, 0.2) is 5.82 Å². The van der Waals surface area contributed by atoms with E-state index >= 15 is 0 Å². The number of aromatic nitrogens is 2. The number of likely N-dealkylation sites (tertiary alicyclic amines) is 1. The van der Waals surface area contributed by atoms with Crippen molar-refractivity contribution in [3.8, 4) is 0 Å². The quantitative estimate of drug-likeness (QED) is 0.777. The second-order valence-electron chi connectivity index (χ2n) is 6.22. The topological polar surface area (TPSA) is 51.4 Å². The number of nitrogens with zero attached hydrogens (tertiary/aromatic N) is 3. The number of hydrogen-bond donors (Lipinski definition) is 0. The van der Waals surface area contributed by atoms with Crippen LogP contribution < -0.4 is 0 Å². The molecule has 5 nitrogen and oxygen atoms in total. The molecule has 3 rings (SSSR count). The van der Waals surface area contributed by atoms with Crippen LogP contribution in [0.1, 0.15) is 23.7 Å². The lowest BCUT2D eigenvalue weighted by Gasteiger charge is -2.13. The third-order valence-corrected chi connectivity index (χ3v) is 4.22. The number of ether oxygens (including phenoxy) is 1. The average Bonchev–Trinajstić information content (AvgIpc) is 3.14. The van der Waals surface area contributed by atoms with Gasteiger partial charge in [-0.05, 0) is 43.0 Å². The van der Waals surface area contributed by atoms with E-state index in [2.05, 4.69) is 15.0 Å². The van der Waals surface area contributed by atoms with Gasteiger partial charge in [0.25, 0.3) is 0 Å². The molecule has 2 heterocycles. The molecule has 0 spiro atoms. The molecule has 0 saturated carbocycles. The summed E-state index contributed by atoms with van der Waals surface area (Å²) in [4.78, 5) is 6.57. The molecular formula is C17H21F2N3O2. The zero-order valence-electron chi connectivity index (χ0n) is 13.7. The summed E-state index contributed by atoms with van der Waals surface area (Å²) in [6, 6.07) is 3.72. The second-order valence-corrected chi connectivity index (χ2v) is 6.22. The van der Waals surface area contributed by atoms with Crippen molar-refractivity contribution in [1.82, 2.24) is 15.0 Å². The van der Waals surface area contributed by atoms with Crippen molar-refractivity contribution >= 4 is 0 Å². The van der Waals surface area contributed by atoms with E-state index in [-0.39, 0.29) is 0 Å². The summed E-state index contributed by atoms with van der Waals surface area (Å²) >= 11 is 0. The van der Waals surface area contributed by atoms with Crippen LogP contribution in [0.4, 0.5) is 8.78 Å². The first-order chi connectivity index (χ1) is 11.6. The lowest BCUT2D eigenvalue weighted by Crippen LogP contribution is -2.21. The van der Waals surface area contributed by atoms with Gasteiger partial charge in [0, 0.05) is 26.1 Å². The summed E-state index contributed by atoms with van der Waals surface area (Å²) in [5.41, 5.74) is 0.707. The van der Waals surface area contributed by atoms with Gasteiger partial charge in [-0.3, -0.25) is 4.90 Å². The van der Waals surface area contributed by atoms with Gasteiger partial charge in [-0.15, -0.1) is 0 Å². The van der Waals surface area contributed by atoms with E-state index in [1.54, 1.807) is 7.11 Å². The minimum atomic E-state index is -0.519. The third-order valence-electron chi connectivity index (χ3n) is 4.22. The molecule has 1 aliphatic rings. The van der Waals surface area contributed by atoms with E-state index < -0.39 is 11.6 Å². The Bertz CT molecular complexity index is 657. The molecule has 1 aliphatic heterocycles. The van der Waals surface area contributed by atoms with Crippen molar-refractivity contribution in [2.75, 3.05) is 26.8 Å². The molecule has 0 amide bonds. The molecule has 7 heteroatoms. The van der Waals surface area contributed by atoms with Crippen molar-refractivity contribution in [3.05, 3.63) is 47.1 Å². The van der Waals surface area contributed by atoms with E-state index in [1.165, 1.54) is 12.1 Å². The molecule has 1 aromatic heterocycles. The monoisotopic (exact) mass is 337 g/mol. The Morgan fingerprint density at radius 1 is 1.29 bits per heavy atom. The van der Waals surface area contributed by atoms with Crippen LogP contribution in [0.5, 0.6) is 0 Å². The summed E-state index contributed by atoms with van der Waals surface area (Å²) in [5, 5.41) is 3.93. The van der Waals surface area contributed by atoms with Gasteiger partial charge in [-0.1, -0.05) is 5.16 Å². The van der Waals surface area contributed by atoms with Gasteiger partial charge < -0.3 is 9.26 Å².